The molecule has 0 aromatic heterocycles. The molecule has 0 aliphatic rings. The molecule has 1 aromatic carbocycles. The zero-order valence-corrected chi connectivity index (χ0v) is 11.0. The second-order valence-corrected chi connectivity index (χ2v) is 5.15. The van der Waals surface area contributed by atoms with E-state index >= 15 is 0 Å². The summed E-state index contributed by atoms with van der Waals surface area (Å²) < 4.78 is 13.3. The Kier molecular flexibility index (Phi) is 4.92. The Morgan fingerprint density at radius 2 is 2.12 bits per heavy atom. The summed E-state index contributed by atoms with van der Waals surface area (Å²) in [5, 5.41) is 9.68. The third-order valence-electron chi connectivity index (χ3n) is 3.52. The summed E-state index contributed by atoms with van der Waals surface area (Å²) in [5.41, 5.74) is 6.01. The monoisotopic (exact) mass is 259 g/mol. The van der Waals surface area contributed by atoms with E-state index in [-0.39, 0.29) is 17.5 Å². The van der Waals surface area contributed by atoms with E-state index in [4.69, 9.17) is 17.3 Å². The first-order chi connectivity index (χ1) is 7.96. The average molecular weight is 260 g/mol. The summed E-state index contributed by atoms with van der Waals surface area (Å²) in [6, 6.07) is 4.72. The van der Waals surface area contributed by atoms with E-state index in [1.807, 2.05) is 13.8 Å². The van der Waals surface area contributed by atoms with Crippen LogP contribution in [0.4, 0.5) is 4.39 Å². The number of aliphatic hydroxyl groups excluding tert-OH is 1. The molecule has 0 saturated carbocycles. The second-order valence-electron chi connectivity index (χ2n) is 4.77. The van der Waals surface area contributed by atoms with Gasteiger partial charge >= 0.3 is 0 Å². The van der Waals surface area contributed by atoms with Crippen LogP contribution in [0.1, 0.15) is 19.4 Å². The van der Waals surface area contributed by atoms with Gasteiger partial charge in [-0.1, -0.05) is 37.6 Å². The van der Waals surface area contributed by atoms with E-state index in [1.54, 1.807) is 12.1 Å². The van der Waals surface area contributed by atoms with Gasteiger partial charge in [0.1, 0.15) is 5.82 Å². The lowest BCUT2D eigenvalue weighted by molar-refractivity contribution is 0.0842. The fourth-order valence-electron chi connectivity index (χ4n) is 1.88. The van der Waals surface area contributed by atoms with Gasteiger partial charge in [0.15, 0.2) is 0 Å². The highest BCUT2D eigenvalue weighted by molar-refractivity contribution is 6.31. The van der Waals surface area contributed by atoms with E-state index in [9.17, 15) is 9.50 Å². The van der Waals surface area contributed by atoms with Crippen LogP contribution in [0.5, 0.6) is 0 Å². The Hall–Kier alpha value is -0.640. The van der Waals surface area contributed by atoms with E-state index in [0.717, 1.165) is 0 Å². The Balaban J connectivity index is 3.06. The van der Waals surface area contributed by atoms with Gasteiger partial charge in [0.2, 0.25) is 0 Å². The van der Waals surface area contributed by atoms with Crippen molar-refractivity contribution in [3.63, 3.8) is 0 Å². The fraction of sp³-hybridized carbons (Fsp3) is 0.538. The Labute approximate surface area is 107 Å². The minimum atomic E-state index is -0.447. The normalized spacial score (nSPS) is 15.0. The van der Waals surface area contributed by atoms with Crippen molar-refractivity contribution in [1.82, 2.24) is 0 Å². The summed E-state index contributed by atoms with van der Waals surface area (Å²) in [4.78, 5) is 0. The van der Waals surface area contributed by atoms with Gasteiger partial charge in [-0.3, -0.25) is 0 Å². The summed E-state index contributed by atoms with van der Waals surface area (Å²) >= 11 is 5.92. The first-order valence-electron chi connectivity index (χ1n) is 5.70. The molecule has 96 valence electrons. The number of aliphatic hydroxyl groups is 1. The number of hydrogen-bond acceptors (Lipinski definition) is 2. The molecule has 4 heteroatoms. The lowest BCUT2D eigenvalue weighted by atomic mass is 9.73. The summed E-state index contributed by atoms with van der Waals surface area (Å²) in [6.45, 7) is 4.30. The van der Waals surface area contributed by atoms with Crippen molar-refractivity contribution in [2.75, 3.05) is 13.2 Å². The van der Waals surface area contributed by atoms with Crippen LogP contribution in [-0.4, -0.2) is 18.3 Å². The molecule has 0 saturated heterocycles. The van der Waals surface area contributed by atoms with Gasteiger partial charge < -0.3 is 10.8 Å². The number of rotatable bonds is 5. The molecule has 0 aliphatic heterocycles. The van der Waals surface area contributed by atoms with Crippen molar-refractivity contribution < 1.29 is 9.50 Å². The van der Waals surface area contributed by atoms with Gasteiger partial charge in [0.25, 0.3) is 0 Å². The molecule has 0 radical (unpaired) electrons. The Morgan fingerprint density at radius 3 is 2.59 bits per heavy atom. The molecule has 0 aliphatic carbocycles. The van der Waals surface area contributed by atoms with Crippen molar-refractivity contribution in [1.29, 1.82) is 0 Å². The van der Waals surface area contributed by atoms with Crippen molar-refractivity contribution in [3.8, 4) is 0 Å². The Bertz CT molecular complexity index is 378. The SMILES string of the molecule is CC(C)C(CN)(CO)Cc1cccc(F)c1Cl. The molecule has 1 aromatic rings. The van der Waals surface area contributed by atoms with E-state index in [2.05, 4.69) is 0 Å². The Morgan fingerprint density at radius 1 is 1.47 bits per heavy atom. The maximum absolute atomic E-state index is 13.3. The van der Waals surface area contributed by atoms with Crippen LogP contribution in [0.3, 0.4) is 0 Å². The smallest absolute Gasteiger partial charge is 0.142 e. The van der Waals surface area contributed by atoms with Crippen molar-refractivity contribution in [3.05, 3.63) is 34.6 Å². The van der Waals surface area contributed by atoms with Crippen LogP contribution in [0, 0.1) is 17.2 Å². The molecule has 0 heterocycles. The molecule has 0 fully saturated rings. The van der Waals surface area contributed by atoms with Crippen LogP contribution in [-0.2, 0) is 6.42 Å². The minimum absolute atomic E-state index is 0.0337. The number of nitrogens with two attached hydrogens (primary N) is 1. The van der Waals surface area contributed by atoms with Gasteiger partial charge in [-0.25, -0.2) is 4.39 Å². The van der Waals surface area contributed by atoms with Crippen molar-refractivity contribution >= 4 is 11.6 Å². The molecular weight excluding hydrogens is 241 g/mol. The third kappa shape index (κ3) is 2.97. The van der Waals surface area contributed by atoms with Crippen molar-refractivity contribution in [2.45, 2.75) is 20.3 Å². The molecule has 1 unspecified atom stereocenters. The maximum atomic E-state index is 13.3. The lowest BCUT2D eigenvalue weighted by Crippen LogP contribution is -2.41. The number of halogens is 2. The summed E-state index contributed by atoms with van der Waals surface area (Å²) in [7, 11) is 0. The molecule has 17 heavy (non-hydrogen) atoms. The highest BCUT2D eigenvalue weighted by atomic mass is 35.5. The van der Waals surface area contributed by atoms with Crippen LogP contribution >= 0.6 is 11.6 Å². The van der Waals surface area contributed by atoms with Gasteiger partial charge in [-0.2, -0.15) is 0 Å². The molecule has 0 amide bonds. The molecule has 0 bridgehead atoms. The van der Waals surface area contributed by atoms with Gasteiger partial charge in [-0.05, 0) is 24.0 Å². The highest BCUT2D eigenvalue weighted by Crippen LogP contribution is 2.33. The lowest BCUT2D eigenvalue weighted by Gasteiger charge is -2.35. The molecular formula is C13H19ClFNO. The average Bonchev–Trinajstić information content (AvgIpc) is 2.31. The second kappa shape index (κ2) is 5.80. The van der Waals surface area contributed by atoms with Gasteiger partial charge in [0, 0.05) is 12.0 Å². The first-order valence-corrected chi connectivity index (χ1v) is 6.08. The predicted molar refractivity (Wildman–Crippen MR) is 68.5 cm³/mol. The fourth-order valence-corrected chi connectivity index (χ4v) is 2.07. The van der Waals surface area contributed by atoms with Crippen molar-refractivity contribution in [2.24, 2.45) is 17.1 Å². The number of benzene rings is 1. The van der Waals surface area contributed by atoms with E-state index in [0.29, 0.717) is 18.5 Å². The molecule has 3 N–H and O–H groups in total. The predicted octanol–water partition coefficient (Wildman–Crippen LogP) is 2.62. The van der Waals surface area contributed by atoms with Gasteiger partial charge in [0.05, 0.1) is 11.6 Å². The summed E-state index contributed by atoms with van der Waals surface area (Å²) in [5.74, 6) is -0.242. The third-order valence-corrected chi connectivity index (χ3v) is 3.94. The zero-order valence-electron chi connectivity index (χ0n) is 10.2. The molecule has 0 spiro atoms. The van der Waals surface area contributed by atoms with Crippen LogP contribution in [0.2, 0.25) is 5.02 Å². The standard InChI is InChI=1S/C13H19ClFNO/c1-9(2)13(7-16,8-17)6-10-4-3-5-11(15)12(10)14/h3-5,9,17H,6-8,16H2,1-2H3. The minimum Gasteiger partial charge on any atom is -0.396 e. The maximum Gasteiger partial charge on any atom is 0.142 e. The quantitative estimate of drug-likeness (QED) is 0.854. The first kappa shape index (κ1) is 14.4. The molecule has 1 atom stereocenters. The topological polar surface area (TPSA) is 46.2 Å². The number of hydrogen-bond donors (Lipinski definition) is 2. The molecule has 2 nitrogen and oxygen atoms in total. The summed E-state index contributed by atoms with van der Waals surface area (Å²) in [6.07, 6.45) is 0.480. The highest BCUT2D eigenvalue weighted by Gasteiger charge is 2.32. The van der Waals surface area contributed by atoms with Gasteiger partial charge in [-0.15, -0.1) is 0 Å². The van der Waals surface area contributed by atoms with Crippen LogP contribution < -0.4 is 5.73 Å². The zero-order chi connectivity index (χ0) is 13.1. The molecule has 1 rings (SSSR count). The van der Waals surface area contributed by atoms with E-state index in [1.165, 1.54) is 6.07 Å². The van der Waals surface area contributed by atoms with Crippen LogP contribution in [0.15, 0.2) is 18.2 Å². The van der Waals surface area contributed by atoms with E-state index < -0.39 is 11.2 Å². The largest absolute Gasteiger partial charge is 0.396 e. The van der Waals surface area contributed by atoms with Crippen LogP contribution in [0.25, 0.3) is 0 Å².